The monoisotopic (exact) mass is 284 g/mol. The molecule has 1 rings (SSSR count). The maximum Gasteiger partial charge on any atom is 0.502 e. The predicted molar refractivity (Wildman–Crippen MR) is 81.9 cm³/mol. The Morgan fingerprint density at radius 1 is 1.26 bits per heavy atom. The highest BCUT2D eigenvalue weighted by Gasteiger charge is 2.39. The van der Waals surface area contributed by atoms with Gasteiger partial charge < -0.3 is 14.8 Å². The first-order valence-corrected chi connectivity index (χ1v) is 7.51. The van der Waals surface area contributed by atoms with Crippen LogP contribution in [-0.4, -0.2) is 28.5 Å². The summed E-state index contributed by atoms with van der Waals surface area (Å²) in [5.74, 6) is 0.595. The first kappa shape index (κ1) is 16.7. The highest BCUT2D eigenvalue weighted by molar-refractivity contribution is 7.22. The van der Waals surface area contributed by atoms with Gasteiger partial charge in [0.15, 0.2) is 0 Å². The summed E-state index contributed by atoms with van der Waals surface area (Å²) in [5.41, 5.74) is -1.85. The van der Waals surface area contributed by atoms with Crippen molar-refractivity contribution >= 4 is 23.2 Å². The van der Waals surface area contributed by atoms with Gasteiger partial charge in [-0.15, -0.1) is 11.3 Å². The highest BCUT2D eigenvalue weighted by atomic mass is 32.1. The average Bonchev–Trinajstić information content (AvgIpc) is 2.62. The summed E-state index contributed by atoms with van der Waals surface area (Å²) >= 11 is 1.56. The predicted octanol–water partition coefficient (Wildman–Crippen LogP) is 2.20. The van der Waals surface area contributed by atoms with Crippen LogP contribution in [-0.2, 0) is 11.1 Å². The van der Waals surface area contributed by atoms with E-state index in [1.54, 1.807) is 39.0 Å². The zero-order valence-electron chi connectivity index (χ0n) is 12.7. The van der Waals surface area contributed by atoms with Gasteiger partial charge in [0.2, 0.25) is 0 Å². The zero-order chi connectivity index (χ0) is 14.8. The standard InChI is InChI=1S/C14H25BO3S/c1-10(2)9-11-7-8-12(19-11)15(17)18-14(5,6)13(3,4)16/h7-8,10,16-17H,9H2,1-6H3. The molecule has 108 valence electrons. The van der Waals surface area contributed by atoms with Crippen molar-refractivity contribution in [2.75, 3.05) is 0 Å². The number of aliphatic hydroxyl groups is 1. The highest BCUT2D eigenvalue weighted by Crippen LogP contribution is 2.25. The van der Waals surface area contributed by atoms with Gasteiger partial charge in [-0.25, -0.2) is 0 Å². The molecule has 2 N–H and O–H groups in total. The van der Waals surface area contributed by atoms with Gasteiger partial charge in [-0.3, -0.25) is 0 Å². The molecule has 19 heavy (non-hydrogen) atoms. The quantitative estimate of drug-likeness (QED) is 0.787. The van der Waals surface area contributed by atoms with E-state index in [-0.39, 0.29) is 0 Å². The van der Waals surface area contributed by atoms with E-state index >= 15 is 0 Å². The van der Waals surface area contributed by atoms with E-state index in [0.29, 0.717) is 5.92 Å². The van der Waals surface area contributed by atoms with E-state index in [0.717, 1.165) is 11.2 Å². The number of hydrogen-bond acceptors (Lipinski definition) is 4. The van der Waals surface area contributed by atoms with Gasteiger partial charge in [0.1, 0.15) is 0 Å². The lowest BCUT2D eigenvalue weighted by molar-refractivity contribution is -0.0981. The fourth-order valence-corrected chi connectivity index (χ4v) is 2.66. The minimum absolute atomic E-state index is 0.595. The zero-order valence-corrected chi connectivity index (χ0v) is 13.5. The molecule has 0 amide bonds. The van der Waals surface area contributed by atoms with Gasteiger partial charge >= 0.3 is 7.12 Å². The van der Waals surface area contributed by atoms with Crippen molar-refractivity contribution in [3.8, 4) is 0 Å². The summed E-state index contributed by atoms with van der Waals surface area (Å²) in [4.78, 5) is 1.24. The van der Waals surface area contributed by atoms with Crippen molar-refractivity contribution < 1.29 is 14.8 Å². The van der Waals surface area contributed by atoms with Crippen LogP contribution < -0.4 is 4.78 Å². The van der Waals surface area contributed by atoms with Crippen LogP contribution in [0.25, 0.3) is 0 Å². The van der Waals surface area contributed by atoms with Crippen LogP contribution in [0, 0.1) is 5.92 Å². The van der Waals surface area contributed by atoms with Crippen molar-refractivity contribution in [3.63, 3.8) is 0 Å². The molecule has 1 aromatic rings. The van der Waals surface area contributed by atoms with Gasteiger partial charge in [-0.2, -0.15) is 0 Å². The van der Waals surface area contributed by atoms with Crippen LogP contribution in [0.4, 0.5) is 0 Å². The van der Waals surface area contributed by atoms with Crippen molar-refractivity contribution in [2.24, 2.45) is 5.92 Å². The Balaban J connectivity index is 2.73. The molecular weight excluding hydrogens is 259 g/mol. The molecule has 0 aromatic carbocycles. The SMILES string of the molecule is CC(C)Cc1ccc(B(O)OC(C)(C)C(C)(C)O)s1. The summed E-state index contributed by atoms with van der Waals surface area (Å²) in [7, 11) is -0.993. The molecule has 1 aromatic heterocycles. The smallest absolute Gasteiger partial charge is 0.423 e. The molecular formula is C14H25BO3S. The molecule has 0 aliphatic rings. The summed E-state index contributed by atoms with van der Waals surface area (Å²) < 4.78 is 6.41. The molecule has 0 aliphatic carbocycles. The van der Waals surface area contributed by atoms with Crippen molar-refractivity contribution in [1.82, 2.24) is 0 Å². The van der Waals surface area contributed by atoms with Crippen molar-refractivity contribution in [1.29, 1.82) is 0 Å². The van der Waals surface area contributed by atoms with Gasteiger partial charge in [-0.1, -0.05) is 19.9 Å². The van der Waals surface area contributed by atoms with Crippen LogP contribution in [0.2, 0.25) is 0 Å². The van der Waals surface area contributed by atoms with Crippen LogP contribution >= 0.6 is 11.3 Å². The molecule has 0 bridgehead atoms. The second-order valence-corrected chi connectivity index (χ2v) is 7.64. The lowest BCUT2D eigenvalue weighted by atomic mass is 9.82. The van der Waals surface area contributed by atoms with Gasteiger partial charge in [0.25, 0.3) is 0 Å². The van der Waals surface area contributed by atoms with E-state index in [2.05, 4.69) is 13.8 Å². The topological polar surface area (TPSA) is 49.7 Å². The molecule has 0 aliphatic heterocycles. The minimum Gasteiger partial charge on any atom is -0.423 e. The van der Waals surface area contributed by atoms with Gasteiger partial charge in [0.05, 0.1) is 11.2 Å². The molecule has 0 fully saturated rings. The molecule has 3 nitrogen and oxygen atoms in total. The maximum absolute atomic E-state index is 10.1. The molecule has 0 radical (unpaired) electrons. The van der Waals surface area contributed by atoms with Crippen LogP contribution in [0.1, 0.15) is 46.4 Å². The molecule has 0 unspecified atom stereocenters. The molecule has 0 saturated carbocycles. The van der Waals surface area contributed by atoms with Crippen LogP contribution in [0.15, 0.2) is 12.1 Å². The molecule has 0 atom stereocenters. The Morgan fingerprint density at radius 3 is 2.32 bits per heavy atom. The summed E-state index contributed by atoms with van der Waals surface area (Å²) in [6, 6.07) is 3.93. The summed E-state index contributed by atoms with van der Waals surface area (Å²) in [6.07, 6.45) is 1.01. The Hall–Kier alpha value is -0.355. The Bertz CT molecular complexity index is 407. The summed E-state index contributed by atoms with van der Waals surface area (Å²) in [5, 5.41) is 20.2. The minimum atomic E-state index is -1.02. The third kappa shape index (κ3) is 4.60. The molecule has 5 heteroatoms. The Kier molecular flexibility index (Phi) is 5.24. The number of thiophene rings is 1. The molecule has 0 saturated heterocycles. The maximum atomic E-state index is 10.1. The third-order valence-electron chi connectivity index (χ3n) is 3.41. The molecule has 0 spiro atoms. The number of hydrogen-bond donors (Lipinski definition) is 2. The number of rotatable bonds is 6. The van der Waals surface area contributed by atoms with E-state index < -0.39 is 18.3 Å². The van der Waals surface area contributed by atoms with Gasteiger partial charge in [0, 0.05) is 9.65 Å². The fraction of sp³-hybridized carbons (Fsp3) is 0.714. The Labute approximate surface area is 120 Å². The van der Waals surface area contributed by atoms with E-state index in [1.165, 1.54) is 4.88 Å². The first-order chi connectivity index (χ1) is 8.53. The van der Waals surface area contributed by atoms with Crippen molar-refractivity contribution in [2.45, 2.75) is 59.2 Å². The molecule has 1 heterocycles. The largest absolute Gasteiger partial charge is 0.502 e. The van der Waals surface area contributed by atoms with E-state index in [4.69, 9.17) is 4.65 Å². The Morgan fingerprint density at radius 2 is 1.84 bits per heavy atom. The fourth-order valence-electron chi connectivity index (χ4n) is 1.52. The second-order valence-electron chi connectivity index (χ2n) is 6.44. The summed E-state index contributed by atoms with van der Waals surface area (Å²) in [6.45, 7) is 11.3. The van der Waals surface area contributed by atoms with Crippen LogP contribution in [0.5, 0.6) is 0 Å². The van der Waals surface area contributed by atoms with Gasteiger partial charge in [-0.05, 0) is 46.1 Å². The second kappa shape index (κ2) is 5.96. The van der Waals surface area contributed by atoms with E-state index in [1.807, 2.05) is 12.1 Å². The third-order valence-corrected chi connectivity index (χ3v) is 4.55. The lowest BCUT2D eigenvalue weighted by Crippen LogP contribution is -2.52. The van der Waals surface area contributed by atoms with Crippen molar-refractivity contribution in [3.05, 3.63) is 17.0 Å². The normalized spacial score (nSPS) is 13.1. The first-order valence-electron chi connectivity index (χ1n) is 6.70. The van der Waals surface area contributed by atoms with E-state index in [9.17, 15) is 10.1 Å². The lowest BCUT2D eigenvalue weighted by Gasteiger charge is -2.38. The average molecular weight is 284 g/mol. The van der Waals surface area contributed by atoms with Crippen LogP contribution in [0.3, 0.4) is 0 Å².